The van der Waals surface area contributed by atoms with Gasteiger partial charge in [0.05, 0.1) is 5.56 Å². The smallest absolute Gasteiger partial charge is 0.335 e. The average Bonchev–Trinajstić information content (AvgIpc) is 2.39. The molecule has 0 saturated carbocycles. The van der Waals surface area contributed by atoms with Crippen LogP contribution in [0, 0.1) is 17.5 Å². The van der Waals surface area contributed by atoms with Gasteiger partial charge in [-0.15, -0.1) is 0 Å². The van der Waals surface area contributed by atoms with Crippen LogP contribution in [0.4, 0.5) is 13.2 Å². The van der Waals surface area contributed by atoms with E-state index in [1.54, 1.807) is 0 Å². The molecule has 0 aliphatic heterocycles. The fourth-order valence-corrected chi connectivity index (χ4v) is 1.58. The molecular formula is C14H9F3O3. The maximum atomic E-state index is 13.3. The third-order valence-corrected chi connectivity index (χ3v) is 2.52. The summed E-state index contributed by atoms with van der Waals surface area (Å²) in [5, 5.41) is 8.77. The molecular weight excluding hydrogens is 273 g/mol. The van der Waals surface area contributed by atoms with Gasteiger partial charge in [-0.25, -0.2) is 18.0 Å². The van der Waals surface area contributed by atoms with Crippen LogP contribution < -0.4 is 4.74 Å². The number of halogens is 3. The SMILES string of the molecule is O=C(O)c1cc(F)cc(OCc2cc(F)ccc2F)c1. The standard InChI is InChI=1S/C14H9F3O3/c15-10-1-2-13(17)9(4-10)7-20-12-5-8(14(18)19)3-11(16)6-12/h1-6H,7H2,(H,18,19). The van der Waals surface area contributed by atoms with Crippen molar-refractivity contribution in [1.29, 1.82) is 0 Å². The summed E-state index contributed by atoms with van der Waals surface area (Å²) < 4.78 is 44.6. The molecule has 0 heterocycles. The van der Waals surface area contributed by atoms with E-state index in [2.05, 4.69) is 0 Å². The highest BCUT2D eigenvalue weighted by Crippen LogP contribution is 2.19. The average molecular weight is 282 g/mol. The van der Waals surface area contributed by atoms with Gasteiger partial charge in [-0.2, -0.15) is 0 Å². The number of hydrogen-bond acceptors (Lipinski definition) is 2. The van der Waals surface area contributed by atoms with Gasteiger partial charge in [0.15, 0.2) is 0 Å². The minimum absolute atomic E-state index is 0.0499. The summed E-state index contributed by atoms with van der Waals surface area (Å²) in [6.45, 7) is -0.341. The minimum Gasteiger partial charge on any atom is -0.489 e. The van der Waals surface area contributed by atoms with E-state index in [1.807, 2.05) is 0 Å². The van der Waals surface area contributed by atoms with Crippen molar-refractivity contribution in [2.24, 2.45) is 0 Å². The Morgan fingerprint density at radius 1 is 1.05 bits per heavy atom. The van der Waals surface area contributed by atoms with E-state index in [4.69, 9.17) is 9.84 Å². The van der Waals surface area contributed by atoms with Gasteiger partial charge >= 0.3 is 5.97 Å². The van der Waals surface area contributed by atoms with Crippen LogP contribution in [0.2, 0.25) is 0 Å². The largest absolute Gasteiger partial charge is 0.489 e. The van der Waals surface area contributed by atoms with Crippen molar-refractivity contribution < 1.29 is 27.8 Å². The molecule has 2 aromatic rings. The summed E-state index contributed by atoms with van der Waals surface area (Å²) in [4.78, 5) is 10.7. The van der Waals surface area contributed by atoms with Crippen LogP contribution in [0.15, 0.2) is 36.4 Å². The number of rotatable bonds is 4. The van der Waals surface area contributed by atoms with Crippen molar-refractivity contribution in [2.75, 3.05) is 0 Å². The second-order valence-corrected chi connectivity index (χ2v) is 4.01. The molecule has 0 unspecified atom stereocenters. The van der Waals surface area contributed by atoms with Crippen LogP contribution in [0.5, 0.6) is 5.75 Å². The molecule has 3 nitrogen and oxygen atoms in total. The normalized spacial score (nSPS) is 10.3. The fourth-order valence-electron chi connectivity index (χ4n) is 1.58. The summed E-state index contributed by atoms with van der Waals surface area (Å²) in [5.74, 6) is -3.48. The van der Waals surface area contributed by atoms with Gasteiger partial charge in [0.25, 0.3) is 0 Å². The lowest BCUT2D eigenvalue weighted by Crippen LogP contribution is -2.02. The van der Waals surface area contributed by atoms with E-state index >= 15 is 0 Å². The van der Waals surface area contributed by atoms with Gasteiger partial charge in [0, 0.05) is 11.6 Å². The summed E-state index contributed by atoms with van der Waals surface area (Å²) in [5.41, 5.74) is -0.342. The van der Waals surface area contributed by atoms with Gasteiger partial charge < -0.3 is 9.84 Å². The summed E-state index contributed by atoms with van der Waals surface area (Å²) >= 11 is 0. The molecule has 104 valence electrons. The number of aromatic carboxylic acids is 1. The molecule has 0 fully saturated rings. The van der Waals surface area contributed by atoms with E-state index < -0.39 is 23.4 Å². The highest BCUT2D eigenvalue weighted by molar-refractivity contribution is 5.88. The molecule has 0 amide bonds. The molecule has 0 aliphatic rings. The zero-order valence-electron chi connectivity index (χ0n) is 10.1. The lowest BCUT2D eigenvalue weighted by Gasteiger charge is -2.08. The zero-order chi connectivity index (χ0) is 14.7. The lowest BCUT2D eigenvalue weighted by atomic mass is 10.2. The molecule has 0 bridgehead atoms. The van der Waals surface area contributed by atoms with Crippen molar-refractivity contribution in [3.8, 4) is 5.75 Å². The van der Waals surface area contributed by atoms with Crippen LogP contribution in [0.3, 0.4) is 0 Å². The minimum atomic E-state index is -1.31. The molecule has 0 spiro atoms. The molecule has 1 N–H and O–H groups in total. The Bertz CT molecular complexity index is 656. The van der Waals surface area contributed by atoms with Crippen LogP contribution in [0.25, 0.3) is 0 Å². The highest BCUT2D eigenvalue weighted by Gasteiger charge is 2.09. The Kier molecular flexibility index (Phi) is 3.93. The number of ether oxygens (including phenoxy) is 1. The van der Waals surface area contributed by atoms with Crippen molar-refractivity contribution in [2.45, 2.75) is 6.61 Å². The molecule has 0 radical (unpaired) electrons. The van der Waals surface area contributed by atoms with Crippen LogP contribution in [-0.2, 0) is 6.61 Å². The van der Waals surface area contributed by atoms with Gasteiger partial charge in [-0.3, -0.25) is 0 Å². The molecule has 0 saturated heterocycles. The molecule has 0 atom stereocenters. The molecule has 0 aliphatic carbocycles. The number of hydrogen-bond donors (Lipinski definition) is 1. The molecule has 2 aromatic carbocycles. The quantitative estimate of drug-likeness (QED) is 0.935. The number of carboxylic acid groups (broad SMARTS) is 1. The number of carboxylic acids is 1. The first-order valence-electron chi connectivity index (χ1n) is 5.56. The summed E-state index contributed by atoms with van der Waals surface area (Å²) in [6.07, 6.45) is 0. The maximum absolute atomic E-state index is 13.3. The first-order valence-corrected chi connectivity index (χ1v) is 5.56. The Hall–Kier alpha value is -2.50. The monoisotopic (exact) mass is 282 g/mol. The van der Waals surface area contributed by atoms with E-state index in [1.165, 1.54) is 0 Å². The first kappa shape index (κ1) is 13.9. The van der Waals surface area contributed by atoms with Gasteiger partial charge in [0.1, 0.15) is 29.8 Å². The molecule has 2 rings (SSSR count). The third-order valence-electron chi connectivity index (χ3n) is 2.52. The predicted octanol–water partition coefficient (Wildman–Crippen LogP) is 3.38. The molecule has 20 heavy (non-hydrogen) atoms. The van der Waals surface area contributed by atoms with Crippen LogP contribution in [0.1, 0.15) is 15.9 Å². The van der Waals surface area contributed by atoms with Gasteiger partial charge in [0.2, 0.25) is 0 Å². The highest BCUT2D eigenvalue weighted by atomic mass is 19.1. The second kappa shape index (κ2) is 5.64. The van der Waals surface area contributed by atoms with Gasteiger partial charge in [-0.1, -0.05) is 0 Å². The van der Waals surface area contributed by atoms with E-state index in [0.717, 1.165) is 36.4 Å². The van der Waals surface area contributed by atoms with Crippen molar-refractivity contribution >= 4 is 5.97 Å². The zero-order valence-corrected chi connectivity index (χ0v) is 10.1. The van der Waals surface area contributed by atoms with Crippen LogP contribution >= 0.6 is 0 Å². The second-order valence-electron chi connectivity index (χ2n) is 4.01. The van der Waals surface area contributed by atoms with E-state index in [9.17, 15) is 18.0 Å². The Morgan fingerprint density at radius 3 is 2.50 bits per heavy atom. The Labute approximate surface area is 112 Å². The Morgan fingerprint density at radius 2 is 1.80 bits per heavy atom. The topological polar surface area (TPSA) is 46.5 Å². The van der Waals surface area contributed by atoms with E-state index in [0.29, 0.717) is 0 Å². The fraction of sp³-hybridized carbons (Fsp3) is 0.0714. The van der Waals surface area contributed by atoms with Crippen molar-refractivity contribution in [1.82, 2.24) is 0 Å². The molecule has 0 aromatic heterocycles. The predicted molar refractivity (Wildman–Crippen MR) is 64.0 cm³/mol. The summed E-state index contributed by atoms with van der Waals surface area (Å²) in [7, 11) is 0. The van der Waals surface area contributed by atoms with E-state index in [-0.39, 0.29) is 23.5 Å². The first-order chi connectivity index (χ1) is 9.45. The van der Waals surface area contributed by atoms with Crippen LogP contribution in [-0.4, -0.2) is 11.1 Å². The Balaban J connectivity index is 2.18. The number of carbonyl (C=O) groups is 1. The lowest BCUT2D eigenvalue weighted by molar-refractivity contribution is 0.0695. The third kappa shape index (κ3) is 3.28. The van der Waals surface area contributed by atoms with Crippen molar-refractivity contribution in [3.05, 3.63) is 65.0 Å². The summed E-state index contributed by atoms with van der Waals surface area (Å²) in [6, 6.07) is 5.75. The van der Waals surface area contributed by atoms with Crippen molar-refractivity contribution in [3.63, 3.8) is 0 Å². The molecule has 6 heteroatoms. The van der Waals surface area contributed by atoms with Gasteiger partial charge in [-0.05, 0) is 30.3 Å². The number of benzene rings is 2. The maximum Gasteiger partial charge on any atom is 0.335 e.